The molecule has 1 saturated carbocycles. The number of nitrogens with zero attached hydrogens (tertiary/aromatic N) is 2. The molecule has 0 N–H and O–H groups in total. The van der Waals surface area contributed by atoms with Crippen LogP contribution in [0.2, 0.25) is 0 Å². The van der Waals surface area contributed by atoms with Gasteiger partial charge in [0.15, 0.2) is 12.1 Å². The maximum atomic E-state index is 12.6. The number of hydrogen-bond donors (Lipinski definition) is 0. The average molecular weight is 509 g/mol. The minimum absolute atomic E-state index is 0.202. The van der Waals surface area contributed by atoms with Gasteiger partial charge in [-0.05, 0) is 80.2 Å². The molecule has 1 aliphatic heterocycles. The van der Waals surface area contributed by atoms with Crippen LogP contribution in [0.3, 0.4) is 0 Å². The first kappa shape index (κ1) is 27.7. The van der Waals surface area contributed by atoms with Gasteiger partial charge >= 0.3 is 5.97 Å². The molecule has 2 aliphatic rings. The summed E-state index contributed by atoms with van der Waals surface area (Å²) >= 11 is 0. The van der Waals surface area contributed by atoms with Crippen molar-refractivity contribution in [3.8, 4) is 17.1 Å². The van der Waals surface area contributed by atoms with E-state index in [1.54, 1.807) is 12.1 Å². The van der Waals surface area contributed by atoms with Crippen molar-refractivity contribution in [2.24, 2.45) is 11.8 Å². The second-order valence-corrected chi connectivity index (χ2v) is 10.8. The molecule has 0 radical (unpaired) electrons. The number of ether oxygens (including phenoxy) is 3. The van der Waals surface area contributed by atoms with E-state index in [-0.39, 0.29) is 12.3 Å². The minimum Gasteiger partial charge on any atom is -0.426 e. The van der Waals surface area contributed by atoms with E-state index < -0.39 is 5.92 Å². The lowest BCUT2D eigenvalue weighted by Crippen LogP contribution is -2.38. The first-order valence-corrected chi connectivity index (χ1v) is 14.5. The third kappa shape index (κ3) is 8.34. The summed E-state index contributed by atoms with van der Waals surface area (Å²) < 4.78 is 17.0. The van der Waals surface area contributed by atoms with Crippen molar-refractivity contribution in [3.63, 3.8) is 0 Å². The Kier molecular flexibility index (Phi) is 10.9. The highest BCUT2D eigenvalue weighted by atomic mass is 16.7. The van der Waals surface area contributed by atoms with Crippen LogP contribution in [-0.4, -0.2) is 35.4 Å². The molecule has 1 aromatic heterocycles. The summed E-state index contributed by atoms with van der Waals surface area (Å²) in [6.45, 7) is 5.13. The number of esters is 1. The van der Waals surface area contributed by atoms with E-state index in [0.717, 1.165) is 30.7 Å². The summed E-state index contributed by atoms with van der Waals surface area (Å²) in [5.74, 6) is 1.97. The summed E-state index contributed by atoms with van der Waals surface area (Å²) in [7, 11) is 0. The molecule has 4 rings (SSSR count). The van der Waals surface area contributed by atoms with Crippen LogP contribution in [0, 0.1) is 11.8 Å². The number of aromatic nitrogens is 2. The summed E-state index contributed by atoms with van der Waals surface area (Å²) in [6.07, 6.45) is 18.7. The lowest BCUT2D eigenvalue weighted by atomic mass is 9.77. The van der Waals surface area contributed by atoms with E-state index in [4.69, 9.17) is 14.2 Å². The first-order valence-electron chi connectivity index (χ1n) is 14.5. The van der Waals surface area contributed by atoms with Crippen LogP contribution < -0.4 is 4.74 Å². The highest BCUT2D eigenvalue weighted by Crippen LogP contribution is 2.37. The lowest BCUT2D eigenvalue weighted by Gasteiger charge is -2.28. The van der Waals surface area contributed by atoms with Gasteiger partial charge in [0.25, 0.3) is 0 Å². The minimum atomic E-state index is -0.399. The van der Waals surface area contributed by atoms with Crippen molar-refractivity contribution < 1.29 is 19.0 Å². The number of benzene rings is 1. The Morgan fingerprint density at radius 3 is 2.11 bits per heavy atom. The average Bonchev–Trinajstić information content (AvgIpc) is 2.95. The van der Waals surface area contributed by atoms with E-state index in [1.165, 1.54) is 63.4 Å². The molecule has 0 spiro atoms. The van der Waals surface area contributed by atoms with Crippen molar-refractivity contribution >= 4 is 5.97 Å². The highest BCUT2D eigenvalue weighted by Gasteiger charge is 2.29. The Bertz CT molecular complexity index is 931. The Hall–Kier alpha value is -2.31. The molecule has 2 aromatic rings. The number of hydrogen-bond acceptors (Lipinski definition) is 6. The van der Waals surface area contributed by atoms with E-state index in [1.807, 2.05) is 24.5 Å². The third-order valence-electron chi connectivity index (χ3n) is 7.88. The lowest BCUT2D eigenvalue weighted by molar-refractivity contribution is -0.208. The largest absolute Gasteiger partial charge is 0.426 e. The van der Waals surface area contributed by atoms with Crippen molar-refractivity contribution in [2.75, 3.05) is 13.2 Å². The fourth-order valence-electron chi connectivity index (χ4n) is 5.44. The zero-order chi connectivity index (χ0) is 25.9. The predicted molar refractivity (Wildman–Crippen MR) is 145 cm³/mol. The second-order valence-electron chi connectivity index (χ2n) is 10.8. The van der Waals surface area contributed by atoms with Crippen LogP contribution in [-0.2, 0) is 14.3 Å². The molecule has 1 saturated heterocycles. The van der Waals surface area contributed by atoms with Crippen LogP contribution >= 0.6 is 0 Å². The summed E-state index contributed by atoms with van der Waals surface area (Å²) in [5, 5.41) is 0. The Morgan fingerprint density at radius 2 is 1.49 bits per heavy atom. The molecule has 0 bridgehead atoms. The first-order chi connectivity index (χ1) is 18.2. The highest BCUT2D eigenvalue weighted by molar-refractivity contribution is 5.75. The molecule has 1 aromatic carbocycles. The standard InChI is InChI=1S/C31H44N2O4/c1-3-5-7-9-23-11-13-24(14-12-23)26-19-32-30(33-20-26)25-15-17-28(18-16-25)37-31(34)27-21-35-29(36-22-27)10-8-6-4-2/h15-20,23-24,27,29H,3-14,21-22H2,1-2H3/t23-,24-,27?,29?. The molecular weight excluding hydrogens is 464 g/mol. The van der Waals surface area contributed by atoms with Gasteiger partial charge in [-0.15, -0.1) is 0 Å². The van der Waals surface area contributed by atoms with E-state index >= 15 is 0 Å². The van der Waals surface area contributed by atoms with Gasteiger partial charge in [0.2, 0.25) is 0 Å². The fraction of sp³-hybridized carbons (Fsp3) is 0.645. The molecule has 0 unspecified atom stereocenters. The maximum absolute atomic E-state index is 12.6. The SMILES string of the molecule is CCCCCC1OCC(C(=O)Oc2ccc(-c3ncc([C@H]4CC[C@H](CCCCC)CC4)cn3)cc2)CO1. The van der Waals surface area contributed by atoms with Gasteiger partial charge in [0.1, 0.15) is 11.7 Å². The van der Waals surface area contributed by atoms with Crippen LogP contribution in [0.25, 0.3) is 11.4 Å². The van der Waals surface area contributed by atoms with Crippen LogP contribution in [0.15, 0.2) is 36.7 Å². The van der Waals surface area contributed by atoms with E-state index in [0.29, 0.717) is 30.7 Å². The zero-order valence-electron chi connectivity index (χ0n) is 22.7. The van der Waals surface area contributed by atoms with Gasteiger partial charge in [-0.3, -0.25) is 4.79 Å². The molecule has 0 atom stereocenters. The topological polar surface area (TPSA) is 70.5 Å². The quantitative estimate of drug-likeness (QED) is 0.168. The van der Waals surface area contributed by atoms with Gasteiger partial charge in [-0.2, -0.15) is 0 Å². The number of carbonyl (C=O) groups is 1. The Labute approximate surface area is 222 Å². The smallest absolute Gasteiger partial charge is 0.319 e. The van der Waals surface area contributed by atoms with Gasteiger partial charge in [-0.1, -0.05) is 52.4 Å². The Balaban J connectivity index is 1.22. The number of rotatable bonds is 12. The summed E-state index contributed by atoms with van der Waals surface area (Å²) in [5.41, 5.74) is 2.16. The fourth-order valence-corrected chi connectivity index (χ4v) is 5.44. The molecule has 2 heterocycles. The molecule has 1 aliphatic carbocycles. The van der Waals surface area contributed by atoms with Gasteiger partial charge in [0, 0.05) is 18.0 Å². The summed E-state index contributed by atoms with van der Waals surface area (Å²) in [6, 6.07) is 7.39. The van der Waals surface area contributed by atoms with Gasteiger partial charge in [0.05, 0.1) is 13.2 Å². The van der Waals surface area contributed by atoms with Crippen molar-refractivity contribution in [3.05, 3.63) is 42.2 Å². The molecule has 2 fully saturated rings. The number of unbranched alkanes of at least 4 members (excludes halogenated alkanes) is 4. The molecule has 6 nitrogen and oxygen atoms in total. The summed E-state index contributed by atoms with van der Waals surface area (Å²) in [4.78, 5) is 21.9. The molecule has 37 heavy (non-hydrogen) atoms. The monoisotopic (exact) mass is 508 g/mol. The van der Waals surface area contributed by atoms with Crippen molar-refractivity contribution in [1.29, 1.82) is 0 Å². The zero-order valence-corrected chi connectivity index (χ0v) is 22.7. The van der Waals surface area contributed by atoms with Crippen molar-refractivity contribution in [2.45, 2.75) is 103 Å². The molecule has 202 valence electrons. The van der Waals surface area contributed by atoms with E-state index in [2.05, 4.69) is 23.8 Å². The Morgan fingerprint density at radius 1 is 0.865 bits per heavy atom. The van der Waals surface area contributed by atoms with Gasteiger partial charge in [-0.25, -0.2) is 9.97 Å². The van der Waals surface area contributed by atoms with Crippen LogP contribution in [0.5, 0.6) is 5.75 Å². The number of carbonyl (C=O) groups excluding carboxylic acids is 1. The van der Waals surface area contributed by atoms with Crippen LogP contribution in [0.1, 0.15) is 102 Å². The normalized spacial score (nSPS) is 24.1. The predicted octanol–water partition coefficient (Wildman–Crippen LogP) is 7.47. The molecular formula is C31H44N2O4. The molecule has 0 amide bonds. The second kappa shape index (κ2) is 14.6. The van der Waals surface area contributed by atoms with Crippen molar-refractivity contribution in [1.82, 2.24) is 9.97 Å². The molecule has 6 heteroatoms. The van der Waals surface area contributed by atoms with Crippen LogP contribution in [0.4, 0.5) is 0 Å². The maximum Gasteiger partial charge on any atom is 0.319 e. The third-order valence-corrected chi connectivity index (χ3v) is 7.88. The van der Waals surface area contributed by atoms with E-state index in [9.17, 15) is 4.79 Å². The van der Waals surface area contributed by atoms with Gasteiger partial charge < -0.3 is 14.2 Å².